The highest BCUT2D eigenvalue weighted by atomic mass is 14.4. The molecule has 0 heterocycles. The molecule has 0 saturated heterocycles. The van der Waals surface area contributed by atoms with Gasteiger partial charge in [0.1, 0.15) is 0 Å². The van der Waals surface area contributed by atoms with Gasteiger partial charge in [0.05, 0.1) is 0 Å². The van der Waals surface area contributed by atoms with Gasteiger partial charge in [0.25, 0.3) is 0 Å². The fraction of sp³-hybridized carbons (Fsp3) is 0.583. The largest absolute Gasteiger partial charge is 0.313 e. The van der Waals surface area contributed by atoms with Gasteiger partial charge in [0.2, 0.25) is 0 Å². The van der Waals surface area contributed by atoms with Crippen molar-refractivity contribution in [2.24, 2.45) is 5.41 Å². The summed E-state index contributed by atoms with van der Waals surface area (Å²) >= 11 is 0. The molecule has 0 aliphatic rings. The average Bonchev–Trinajstić information content (AvgIpc) is 2.00. The normalized spacial score (nSPS) is 12.5. The Balaban J connectivity index is 4.28. The minimum absolute atomic E-state index is 0.00323. The van der Waals surface area contributed by atoms with Crippen LogP contribution >= 0.6 is 0 Å². The summed E-state index contributed by atoms with van der Waals surface area (Å²) < 4.78 is 0. The highest BCUT2D eigenvalue weighted by Gasteiger charge is 2.11. The fourth-order valence-corrected chi connectivity index (χ4v) is 0.997. The molecule has 0 rings (SSSR count). The Bertz CT molecular complexity index is 228. The van der Waals surface area contributed by atoms with Crippen LogP contribution in [0, 0.1) is 10.8 Å². The first-order valence-electron chi connectivity index (χ1n) is 4.71. The van der Waals surface area contributed by atoms with Crippen LogP contribution in [0.2, 0.25) is 0 Å². The van der Waals surface area contributed by atoms with Crippen molar-refractivity contribution in [2.45, 2.75) is 41.0 Å². The van der Waals surface area contributed by atoms with Crippen molar-refractivity contribution in [3.05, 3.63) is 23.3 Å². The van der Waals surface area contributed by atoms with Crippen LogP contribution in [0.3, 0.4) is 0 Å². The van der Waals surface area contributed by atoms with Gasteiger partial charge in [-0.05, 0) is 27.2 Å². The molecule has 0 unspecified atom stereocenters. The zero-order valence-corrected chi connectivity index (χ0v) is 9.44. The van der Waals surface area contributed by atoms with Crippen molar-refractivity contribution in [2.75, 3.05) is 0 Å². The molecule has 1 nitrogen and oxygen atoms in total. The molecule has 0 aromatic heterocycles. The number of nitrogens with one attached hydrogen (secondary N) is 1. The molecular formula is C12H21N. The van der Waals surface area contributed by atoms with E-state index in [2.05, 4.69) is 46.8 Å². The van der Waals surface area contributed by atoms with E-state index in [1.807, 2.05) is 0 Å². The lowest BCUT2D eigenvalue weighted by atomic mass is 9.90. The Morgan fingerprint density at radius 2 is 1.77 bits per heavy atom. The van der Waals surface area contributed by atoms with Gasteiger partial charge in [-0.25, -0.2) is 0 Å². The van der Waals surface area contributed by atoms with Crippen molar-refractivity contribution in [1.29, 1.82) is 5.41 Å². The topological polar surface area (TPSA) is 23.9 Å². The highest BCUT2D eigenvalue weighted by molar-refractivity contribution is 5.61. The van der Waals surface area contributed by atoms with Gasteiger partial charge < -0.3 is 5.41 Å². The van der Waals surface area contributed by atoms with E-state index in [0.29, 0.717) is 0 Å². The summed E-state index contributed by atoms with van der Waals surface area (Å²) in [4.78, 5) is 0. The molecule has 0 aromatic carbocycles. The van der Waals surface area contributed by atoms with E-state index in [1.165, 1.54) is 17.4 Å². The van der Waals surface area contributed by atoms with Crippen LogP contribution in [0.1, 0.15) is 41.0 Å². The predicted octanol–water partition coefficient (Wildman–Crippen LogP) is 3.96. The van der Waals surface area contributed by atoms with Gasteiger partial charge in [-0.15, -0.1) is 0 Å². The zero-order valence-electron chi connectivity index (χ0n) is 9.44. The predicted molar refractivity (Wildman–Crippen MR) is 60.4 cm³/mol. The maximum atomic E-state index is 7.22. The molecule has 13 heavy (non-hydrogen) atoms. The molecule has 1 N–H and O–H groups in total. The number of hydrogen-bond acceptors (Lipinski definition) is 1. The van der Waals surface area contributed by atoms with Crippen LogP contribution in [0.4, 0.5) is 0 Å². The Hall–Kier alpha value is -0.850. The zero-order chi connectivity index (χ0) is 10.5. The lowest BCUT2D eigenvalue weighted by Gasteiger charge is -2.15. The number of rotatable bonds is 4. The third-order valence-electron chi connectivity index (χ3n) is 1.86. The molecular weight excluding hydrogens is 158 g/mol. The summed E-state index contributed by atoms with van der Waals surface area (Å²) in [7, 11) is 0. The molecule has 0 radical (unpaired) electrons. The lowest BCUT2D eigenvalue weighted by molar-refractivity contribution is 0.542. The molecule has 1 heteroatoms. The first-order valence-corrected chi connectivity index (χ1v) is 4.71. The first kappa shape index (κ1) is 12.2. The molecule has 0 fully saturated rings. The van der Waals surface area contributed by atoms with E-state index in [0.717, 1.165) is 6.42 Å². The lowest BCUT2D eigenvalue weighted by Crippen LogP contribution is -2.10. The summed E-state index contributed by atoms with van der Waals surface area (Å²) in [6, 6.07) is 0. The second kappa shape index (κ2) is 5.00. The van der Waals surface area contributed by atoms with Crippen molar-refractivity contribution >= 4 is 6.21 Å². The molecule has 0 aliphatic carbocycles. The number of allylic oxidation sites excluding steroid dienone is 4. The highest BCUT2D eigenvalue weighted by Crippen LogP contribution is 2.18. The molecule has 0 atom stereocenters. The van der Waals surface area contributed by atoms with E-state index in [9.17, 15) is 0 Å². The summed E-state index contributed by atoms with van der Waals surface area (Å²) in [5, 5.41) is 7.22. The minimum atomic E-state index is -0.00323. The summed E-state index contributed by atoms with van der Waals surface area (Å²) in [6.07, 6.45) is 6.81. The van der Waals surface area contributed by atoms with Crippen molar-refractivity contribution < 1.29 is 0 Å². The van der Waals surface area contributed by atoms with Gasteiger partial charge in [0, 0.05) is 11.6 Å². The fourth-order valence-electron chi connectivity index (χ4n) is 0.997. The third kappa shape index (κ3) is 6.32. The summed E-state index contributed by atoms with van der Waals surface area (Å²) in [5.41, 5.74) is 2.60. The molecule has 74 valence electrons. The Morgan fingerprint density at radius 1 is 1.23 bits per heavy atom. The van der Waals surface area contributed by atoms with Gasteiger partial charge in [-0.2, -0.15) is 0 Å². The van der Waals surface area contributed by atoms with Crippen LogP contribution in [0.25, 0.3) is 0 Å². The van der Waals surface area contributed by atoms with E-state index < -0.39 is 0 Å². The van der Waals surface area contributed by atoms with Gasteiger partial charge in [0.15, 0.2) is 0 Å². The Morgan fingerprint density at radius 3 is 2.15 bits per heavy atom. The average molecular weight is 179 g/mol. The van der Waals surface area contributed by atoms with E-state index >= 15 is 0 Å². The van der Waals surface area contributed by atoms with Crippen LogP contribution in [0.15, 0.2) is 23.3 Å². The molecule has 0 spiro atoms. The molecule has 0 amide bonds. The van der Waals surface area contributed by atoms with Crippen LogP contribution < -0.4 is 0 Å². The standard InChI is InChI=1S/C12H21N/c1-10(2)8-11(3)6-7-12(4,5)9-13/h6,8-9,13H,7H2,1-5H3/b11-6-,13-9?. The van der Waals surface area contributed by atoms with E-state index in [1.54, 1.807) is 0 Å². The van der Waals surface area contributed by atoms with Crippen molar-refractivity contribution in [3.63, 3.8) is 0 Å². The van der Waals surface area contributed by atoms with E-state index in [-0.39, 0.29) is 5.41 Å². The maximum absolute atomic E-state index is 7.22. The molecule has 0 aromatic rings. The molecule has 0 saturated carbocycles. The SMILES string of the molecule is CC(C)=C/C(C)=C\CC(C)(C)C=N. The van der Waals surface area contributed by atoms with Gasteiger partial charge >= 0.3 is 0 Å². The van der Waals surface area contributed by atoms with Crippen LogP contribution in [-0.2, 0) is 0 Å². The van der Waals surface area contributed by atoms with Crippen LogP contribution in [0.5, 0.6) is 0 Å². The Kier molecular flexibility index (Phi) is 4.68. The maximum Gasteiger partial charge on any atom is 0.00277 e. The number of hydrogen-bond donors (Lipinski definition) is 1. The summed E-state index contributed by atoms with van der Waals surface area (Å²) in [5.74, 6) is 0. The second-order valence-corrected chi connectivity index (χ2v) is 4.51. The van der Waals surface area contributed by atoms with Crippen LogP contribution in [-0.4, -0.2) is 6.21 Å². The van der Waals surface area contributed by atoms with Gasteiger partial charge in [-0.1, -0.05) is 37.1 Å². The smallest absolute Gasteiger partial charge is 0.00277 e. The first-order chi connectivity index (χ1) is 5.87. The summed E-state index contributed by atoms with van der Waals surface area (Å²) in [6.45, 7) is 10.4. The van der Waals surface area contributed by atoms with Gasteiger partial charge in [-0.3, -0.25) is 0 Å². The molecule has 0 aliphatic heterocycles. The quantitative estimate of drug-likeness (QED) is 0.499. The van der Waals surface area contributed by atoms with Crippen molar-refractivity contribution in [1.82, 2.24) is 0 Å². The minimum Gasteiger partial charge on any atom is -0.313 e. The Labute approximate surface area is 82.1 Å². The van der Waals surface area contributed by atoms with Crippen molar-refractivity contribution in [3.8, 4) is 0 Å². The second-order valence-electron chi connectivity index (χ2n) is 4.51. The van der Waals surface area contributed by atoms with E-state index in [4.69, 9.17) is 5.41 Å². The third-order valence-corrected chi connectivity index (χ3v) is 1.86. The molecule has 0 bridgehead atoms. The monoisotopic (exact) mass is 179 g/mol.